The minimum absolute atomic E-state index is 0.957. The van der Waals surface area contributed by atoms with Crippen LogP contribution < -0.4 is 10.6 Å². The topological polar surface area (TPSA) is 41.9 Å². The van der Waals surface area contributed by atoms with E-state index < -0.39 is 0 Å². The normalized spacial score (nSPS) is 10.3. The summed E-state index contributed by atoms with van der Waals surface area (Å²) in [6.07, 6.45) is 3.07. The molecule has 2 N–H and O–H groups in total. The first kappa shape index (κ1) is 10.1. The quantitative estimate of drug-likeness (QED) is 0.640. The standard InChI is InChI=1S/C9H18N4/c1-3-10-6-4-7-11-9-5-8-13(2)12-9/h5,8,10H,3-4,6-7H2,1-2H3,(H,11,12). The predicted molar refractivity (Wildman–Crippen MR) is 54.9 cm³/mol. The molecule has 74 valence electrons. The van der Waals surface area contributed by atoms with E-state index in [1.54, 1.807) is 4.68 Å². The van der Waals surface area contributed by atoms with Gasteiger partial charge in [0, 0.05) is 25.9 Å². The highest BCUT2D eigenvalue weighted by Gasteiger charge is 1.93. The van der Waals surface area contributed by atoms with Crippen LogP contribution in [0.25, 0.3) is 0 Å². The van der Waals surface area contributed by atoms with Crippen LogP contribution in [0.1, 0.15) is 13.3 Å². The highest BCUT2D eigenvalue weighted by atomic mass is 15.3. The number of hydrogen-bond acceptors (Lipinski definition) is 3. The monoisotopic (exact) mass is 182 g/mol. The van der Waals surface area contributed by atoms with E-state index in [4.69, 9.17) is 0 Å². The molecule has 0 unspecified atom stereocenters. The second-order valence-electron chi connectivity index (χ2n) is 3.01. The van der Waals surface area contributed by atoms with Crippen LogP contribution in [0.4, 0.5) is 5.82 Å². The summed E-state index contributed by atoms with van der Waals surface area (Å²) in [6.45, 7) is 5.20. The van der Waals surface area contributed by atoms with Crippen LogP contribution in [0, 0.1) is 0 Å². The van der Waals surface area contributed by atoms with Gasteiger partial charge in [0.15, 0.2) is 0 Å². The molecule has 4 heteroatoms. The van der Waals surface area contributed by atoms with E-state index in [0.717, 1.165) is 31.9 Å². The van der Waals surface area contributed by atoms with Gasteiger partial charge in [0.25, 0.3) is 0 Å². The smallest absolute Gasteiger partial charge is 0.147 e. The molecule has 1 aromatic heterocycles. The van der Waals surface area contributed by atoms with Crippen LogP contribution in [-0.4, -0.2) is 29.4 Å². The van der Waals surface area contributed by atoms with Crippen LogP contribution >= 0.6 is 0 Å². The predicted octanol–water partition coefficient (Wildman–Crippen LogP) is 0.832. The molecule has 0 aromatic carbocycles. The molecule has 0 spiro atoms. The summed E-state index contributed by atoms with van der Waals surface area (Å²) in [5.41, 5.74) is 0. The first-order valence-corrected chi connectivity index (χ1v) is 4.77. The Morgan fingerprint density at radius 2 is 2.31 bits per heavy atom. The lowest BCUT2D eigenvalue weighted by molar-refractivity contribution is 0.686. The van der Waals surface area contributed by atoms with Gasteiger partial charge in [-0.15, -0.1) is 0 Å². The van der Waals surface area contributed by atoms with Crippen molar-refractivity contribution in [2.75, 3.05) is 25.0 Å². The van der Waals surface area contributed by atoms with E-state index in [1.807, 2.05) is 19.3 Å². The zero-order valence-electron chi connectivity index (χ0n) is 8.38. The van der Waals surface area contributed by atoms with E-state index in [0.29, 0.717) is 0 Å². The van der Waals surface area contributed by atoms with E-state index in [1.165, 1.54) is 0 Å². The maximum absolute atomic E-state index is 4.21. The lowest BCUT2D eigenvalue weighted by atomic mass is 10.4. The fourth-order valence-corrected chi connectivity index (χ4v) is 1.12. The van der Waals surface area contributed by atoms with Crippen LogP contribution in [0.15, 0.2) is 12.3 Å². The Hall–Kier alpha value is -1.03. The number of hydrogen-bond donors (Lipinski definition) is 2. The Bertz CT molecular complexity index is 231. The average molecular weight is 182 g/mol. The van der Waals surface area contributed by atoms with Crippen LogP contribution in [0.5, 0.6) is 0 Å². The molecule has 0 aliphatic heterocycles. The molecule has 0 aliphatic rings. The highest BCUT2D eigenvalue weighted by Crippen LogP contribution is 1.99. The maximum Gasteiger partial charge on any atom is 0.147 e. The molecular weight excluding hydrogens is 164 g/mol. The minimum Gasteiger partial charge on any atom is -0.369 e. The molecule has 4 nitrogen and oxygen atoms in total. The summed E-state index contributed by atoms with van der Waals surface area (Å²) in [6, 6.07) is 1.98. The van der Waals surface area contributed by atoms with Crippen molar-refractivity contribution < 1.29 is 0 Å². The van der Waals surface area contributed by atoms with Gasteiger partial charge < -0.3 is 10.6 Å². The summed E-state index contributed by atoms with van der Waals surface area (Å²) in [7, 11) is 1.92. The van der Waals surface area contributed by atoms with Crippen LogP contribution in [-0.2, 0) is 7.05 Å². The number of anilines is 1. The Labute approximate surface area is 79.3 Å². The van der Waals surface area contributed by atoms with Crippen LogP contribution in [0.2, 0.25) is 0 Å². The van der Waals surface area contributed by atoms with E-state index in [-0.39, 0.29) is 0 Å². The summed E-state index contributed by atoms with van der Waals surface area (Å²) in [5, 5.41) is 10.7. The first-order chi connectivity index (χ1) is 6.33. The lowest BCUT2D eigenvalue weighted by Gasteiger charge is -2.02. The molecule has 0 saturated heterocycles. The van der Waals surface area contributed by atoms with E-state index >= 15 is 0 Å². The molecule has 0 fully saturated rings. The third-order valence-electron chi connectivity index (χ3n) is 1.80. The fraction of sp³-hybridized carbons (Fsp3) is 0.667. The van der Waals surface area contributed by atoms with Gasteiger partial charge in [-0.25, -0.2) is 0 Å². The Morgan fingerprint density at radius 1 is 1.46 bits per heavy atom. The molecule has 0 aliphatic carbocycles. The largest absolute Gasteiger partial charge is 0.369 e. The average Bonchev–Trinajstić information content (AvgIpc) is 2.51. The summed E-state index contributed by atoms with van der Waals surface area (Å²) in [4.78, 5) is 0. The van der Waals surface area contributed by atoms with Crippen molar-refractivity contribution in [2.24, 2.45) is 7.05 Å². The number of rotatable bonds is 6. The Balaban J connectivity index is 2.06. The zero-order chi connectivity index (χ0) is 9.52. The van der Waals surface area contributed by atoms with Gasteiger partial charge in [0.1, 0.15) is 5.82 Å². The van der Waals surface area contributed by atoms with E-state index in [2.05, 4.69) is 22.7 Å². The van der Waals surface area contributed by atoms with Crippen molar-refractivity contribution in [1.29, 1.82) is 0 Å². The Morgan fingerprint density at radius 3 is 2.92 bits per heavy atom. The molecule has 0 saturated carbocycles. The minimum atomic E-state index is 0.957. The molecule has 13 heavy (non-hydrogen) atoms. The van der Waals surface area contributed by atoms with Crippen molar-refractivity contribution in [3.05, 3.63) is 12.3 Å². The summed E-state index contributed by atoms with van der Waals surface area (Å²) >= 11 is 0. The first-order valence-electron chi connectivity index (χ1n) is 4.77. The number of aromatic nitrogens is 2. The van der Waals surface area contributed by atoms with Crippen molar-refractivity contribution in [2.45, 2.75) is 13.3 Å². The third-order valence-corrected chi connectivity index (χ3v) is 1.80. The molecule has 1 aromatic rings. The summed E-state index contributed by atoms with van der Waals surface area (Å²) in [5.74, 6) is 0.957. The fourth-order valence-electron chi connectivity index (χ4n) is 1.12. The van der Waals surface area contributed by atoms with Crippen LogP contribution in [0.3, 0.4) is 0 Å². The van der Waals surface area contributed by atoms with E-state index in [9.17, 15) is 0 Å². The summed E-state index contributed by atoms with van der Waals surface area (Å²) < 4.78 is 1.80. The number of nitrogens with one attached hydrogen (secondary N) is 2. The SMILES string of the molecule is CCNCCCNc1ccn(C)n1. The van der Waals surface area contributed by atoms with Crippen molar-refractivity contribution in [1.82, 2.24) is 15.1 Å². The van der Waals surface area contributed by atoms with Gasteiger partial charge in [0.05, 0.1) is 0 Å². The highest BCUT2D eigenvalue weighted by molar-refractivity contribution is 5.31. The second-order valence-corrected chi connectivity index (χ2v) is 3.01. The second kappa shape index (κ2) is 5.59. The van der Waals surface area contributed by atoms with Gasteiger partial charge in [-0.2, -0.15) is 5.10 Å². The Kier molecular flexibility index (Phi) is 4.32. The molecule has 0 radical (unpaired) electrons. The molecule has 1 heterocycles. The molecule has 0 bridgehead atoms. The van der Waals surface area contributed by atoms with Gasteiger partial charge in [0.2, 0.25) is 0 Å². The van der Waals surface area contributed by atoms with Gasteiger partial charge in [-0.1, -0.05) is 6.92 Å². The third kappa shape index (κ3) is 3.94. The van der Waals surface area contributed by atoms with Gasteiger partial charge in [-0.3, -0.25) is 4.68 Å². The van der Waals surface area contributed by atoms with Gasteiger partial charge >= 0.3 is 0 Å². The lowest BCUT2D eigenvalue weighted by Crippen LogP contribution is -2.17. The van der Waals surface area contributed by atoms with Gasteiger partial charge in [-0.05, 0) is 19.5 Å². The number of nitrogens with zero attached hydrogens (tertiary/aromatic N) is 2. The van der Waals surface area contributed by atoms with Crippen molar-refractivity contribution >= 4 is 5.82 Å². The maximum atomic E-state index is 4.21. The zero-order valence-corrected chi connectivity index (χ0v) is 8.38. The number of aryl methyl sites for hydroxylation is 1. The molecule has 0 atom stereocenters. The molecular formula is C9H18N4. The van der Waals surface area contributed by atoms with Crippen molar-refractivity contribution in [3.8, 4) is 0 Å². The molecule has 0 amide bonds. The van der Waals surface area contributed by atoms with Crippen molar-refractivity contribution in [3.63, 3.8) is 0 Å². The molecule has 1 rings (SSSR count).